The van der Waals surface area contributed by atoms with Crippen LogP contribution in [0.2, 0.25) is 0 Å². The molecule has 0 bridgehead atoms. The minimum Gasteiger partial charge on any atom is -0.477 e. The summed E-state index contributed by atoms with van der Waals surface area (Å²) in [6, 6.07) is 0. The molecule has 0 aliphatic heterocycles. The predicted molar refractivity (Wildman–Crippen MR) is 56.1 cm³/mol. The molecular weight excluding hydrogens is 232 g/mol. The fourth-order valence-electron chi connectivity index (χ4n) is 1.53. The van der Waals surface area contributed by atoms with Crippen molar-refractivity contribution in [2.24, 2.45) is 0 Å². The first-order valence-corrected chi connectivity index (χ1v) is 4.52. The largest absolute Gasteiger partial charge is 0.477 e. The number of aromatic nitrogens is 1. The van der Waals surface area contributed by atoms with E-state index in [2.05, 4.69) is 4.98 Å². The number of aromatic amines is 1. The van der Waals surface area contributed by atoms with Gasteiger partial charge in [-0.05, 0) is 6.92 Å². The molecule has 8 heteroatoms. The summed E-state index contributed by atoms with van der Waals surface area (Å²) >= 11 is 0. The average Bonchev–Trinajstić information content (AvgIpc) is 2.15. The summed E-state index contributed by atoms with van der Waals surface area (Å²) in [4.78, 5) is 34.6. The second kappa shape index (κ2) is 4.74. The van der Waals surface area contributed by atoms with Crippen LogP contribution in [0.1, 0.15) is 21.6 Å². The van der Waals surface area contributed by atoms with E-state index in [4.69, 9.17) is 9.84 Å². The van der Waals surface area contributed by atoms with E-state index in [0.717, 1.165) is 0 Å². The van der Waals surface area contributed by atoms with Gasteiger partial charge in [0.15, 0.2) is 0 Å². The molecule has 0 saturated carbocycles. The zero-order chi connectivity index (χ0) is 13.2. The fraction of sp³-hybridized carbons (Fsp3) is 0.333. The van der Waals surface area contributed by atoms with Gasteiger partial charge in [-0.2, -0.15) is 0 Å². The van der Waals surface area contributed by atoms with Gasteiger partial charge < -0.3 is 14.8 Å². The summed E-state index contributed by atoms with van der Waals surface area (Å²) in [6.45, 7) is 1.01. The number of hydrogen-bond acceptors (Lipinski definition) is 5. The second-order valence-electron chi connectivity index (χ2n) is 3.28. The Balaban J connectivity index is 3.71. The van der Waals surface area contributed by atoms with Crippen molar-refractivity contribution in [3.8, 4) is 0 Å². The molecule has 0 saturated heterocycles. The molecule has 17 heavy (non-hydrogen) atoms. The Morgan fingerprint density at radius 3 is 2.59 bits per heavy atom. The topological polar surface area (TPSA) is 123 Å². The van der Waals surface area contributed by atoms with Gasteiger partial charge in [0.2, 0.25) is 0 Å². The van der Waals surface area contributed by atoms with E-state index in [0.29, 0.717) is 0 Å². The maximum Gasteiger partial charge on any atom is 0.341 e. The Morgan fingerprint density at radius 1 is 1.59 bits per heavy atom. The third-order valence-corrected chi connectivity index (χ3v) is 2.16. The summed E-state index contributed by atoms with van der Waals surface area (Å²) in [7, 11) is 1.26. The van der Waals surface area contributed by atoms with E-state index >= 15 is 0 Å². The highest BCUT2D eigenvalue weighted by Crippen LogP contribution is 2.23. The summed E-state index contributed by atoms with van der Waals surface area (Å²) in [5, 5.41) is 19.7. The van der Waals surface area contributed by atoms with Crippen molar-refractivity contribution >= 4 is 11.7 Å². The lowest BCUT2D eigenvalue weighted by atomic mass is 10.1. The SMILES string of the molecule is COCc1c([N+](=O)[O-])c(C)[nH]c(=O)c1C(=O)O. The van der Waals surface area contributed by atoms with E-state index in [-0.39, 0.29) is 17.9 Å². The number of ether oxygens (including phenoxy) is 1. The molecule has 1 rings (SSSR count). The number of nitrogens with one attached hydrogen (secondary N) is 1. The third-order valence-electron chi connectivity index (χ3n) is 2.16. The number of methoxy groups -OCH3 is 1. The van der Waals surface area contributed by atoms with Crippen LogP contribution in [0, 0.1) is 17.0 Å². The number of carboxylic acid groups (broad SMARTS) is 1. The molecule has 0 amide bonds. The lowest BCUT2D eigenvalue weighted by Crippen LogP contribution is -2.23. The lowest BCUT2D eigenvalue weighted by Gasteiger charge is -2.07. The van der Waals surface area contributed by atoms with E-state index < -0.39 is 27.7 Å². The van der Waals surface area contributed by atoms with Crippen molar-refractivity contribution in [1.29, 1.82) is 0 Å². The van der Waals surface area contributed by atoms with Crippen molar-refractivity contribution < 1.29 is 19.6 Å². The minimum absolute atomic E-state index is 0.00273. The number of H-pyrrole nitrogens is 1. The smallest absolute Gasteiger partial charge is 0.341 e. The molecule has 0 atom stereocenters. The summed E-state index contributed by atoms with van der Waals surface area (Å²) in [6.07, 6.45) is 0. The van der Waals surface area contributed by atoms with Gasteiger partial charge >= 0.3 is 5.97 Å². The van der Waals surface area contributed by atoms with Crippen molar-refractivity contribution in [1.82, 2.24) is 4.98 Å². The molecule has 0 aromatic carbocycles. The summed E-state index contributed by atoms with van der Waals surface area (Å²) in [5.74, 6) is -1.53. The number of aryl methyl sites for hydroxylation is 1. The van der Waals surface area contributed by atoms with Gasteiger partial charge in [0.1, 0.15) is 5.56 Å². The fourth-order valence-corrected chi connectivity index (χ4v) is 1.53. The number of rotatable bonds is 4. The molecule has 1 heterocycles. The van der Waals surface area contributed by atoms with Gasteiger partial charge in [0.25, 0.3) is 11.2 Å². The second-order valence-corrected chi connectivity index (χ2v) is 3.28. The summed E-state index contributed by atoms with van der Waals surface area (Å²) < 4.78 is 4.70. The van der Waals surface area contributed by atoms with Crippen LogP contribution < -0.4 is 5.56 Å². The van der Waals surface area contributed by atoms with Gasteiger partial charge in [-0.3, -0.25) is 14.9 Å². The zero-order valence-electron chi connectivity index (χ0n) is 9.14. The molecule has 0 aliphatic rings. The van der Waals surface area contributed by atoms with Crippen LogP contribution in [0.15, 0.2) is 4.79 Å². The maximum atomic E-state index is 11.4. The first-order valence-electron chi connectivity index (χ1n) is 4.52. The molecule has 2 N–H and O–H groups in total. The highest BCUT2D eigenvalue weighted by Gasteiger charge is 2.27. The van der Waals surface area contributed by atoms with E-state index in [1.54, 1.807) is 0 Å². The number of nitro groups is 1. The molecular formula is C9H10N2O6. The standard InChI is InChI=1S/C9H10N2O6/c1-4-7(11(15)16)5(3-17-2)6(9(13)14)8(12)10-4/h3H2,1-2H3,(H,10,12)(H,13,14). The molecule has 0 aliphatic carbocycles. The lowest BCUT2D eigenvalue weighted by molar-refractivity contribution is -0.386. The highest BCUT2D eigenvalue weighted by atomic mass is 16.6. The number of carbonyl (C=O) groups is 1. The first kappa shape index (κ1) is 12.8. The molecule has 0 spiro atoms. The molecule has 0 fully saturated rings. The Hall–Kier alpha value is -2.22. The molecule has 1 aromatic rings. The van der Waals surface area contributed by atoms with Crippen LogP contribution in [0.3, 0.4) is 0 Å². The van der Waals surface area contributed by atoms with Crippen molar-refractivity contribution in [2.45, 2.75) is 13.5 Å². The number of aromatic carboxylic acids is 1. The van der Waals surface area contributed by atoms with E-state index in [9.17, 15) is 19.7 Å². The van der Waals surface area contributed by atoms with Crippen LogP contribution in [-0.2, 0) is 11.3 Å². The number of hydrogen-bond donors (Lipinski definition) is 2. The number of nitrogens with zero attached hydrogens (tertiary/aromatic N) is 1. The predicted octanol–water partition coefficient (Wildman–Crippen LogP) is 0.436. The molecule has 8 nitrogen and oxygen atoms in total. The summed E-state index contributed by atoms with van der Waals surface area (Å²) in [5.41, 5.74) is -2.22. The van der Waals surface area contributed by atoms with Gasteiger partial charge in [0, 0.05) is 7.11 Å². The monoisotopic (exact) mass is 242 g/mol. The van der Waals surface area contributed by atoms with Crippen molar-refractivity contribution in [3.63, 3.8) is 0 Å². The van der Waals surface area contributed by atoms with Gasteiger partial charge in [-0.1, -0.05) is 0 Å². The first-order chi connectivity index (χ1) is 7.90. The Kier molecular flexibility index (Phi) is 3.59. The van der Waals surface area contributed by atoms with Crippen molar-refractivity contribution in [3.05, 3.63) is 37.3 Å². The van der Waals surface area contributed by atoms with Gasteiger partial charge in [-0.15, -0.1) is 0 Å². The van der Waals surface area contributed by atoms with Gasteiger partial charge in [-0.25, -0.2) is 4.79 Å². The molecule has 1 aromatic heterocycles. The van der Waals surface area contributed by atoms with Gasteiger partial charge in [0.05, 0.1) is 22.8 Å². The van der Waals surface area contributed by atoms with Crippen LogP contribution in [0.5, 0.6) is 0 Å². The maximum absolute atomic E-state index is 11.4. The van der Waals surface area contributed by atoms with Crippen LogP contribution in [-0.4, -0.2) is 28.1 Å². The number of carboxylic acids is 1. The normalized spacial score (nSPS) is 10.2. The Morgan fingerprint density at radius 2 is 2.18 bits per heavy atom. The third kappa shape index (κ3) is 2.31. The molecule has 92 valence electrons. The highest BCUT2D eigenvalue weighted by molar-refractivity contribution is 5.90. The minimum atomic E-state index is -1.53. The Labute approximate surface area is 95.0 Å². The quantitative estimate of drug-likeness (QED) is 0.583. The Bertz CT molecular complexity index is 533. The van der Waals surface area contributed by atoms with E-state index in [1.165, 1.54) is 14.0 Å². The van der Waals surface area contributed by atoms with Crippen LogP contribution in [0.25, 0.3) is 0 Å². The van der Waals surface area contributed by atoms with Crippen molar-refractivity contribution in [2.75, 3.05) is 7.11 Å². The molecule has 0 radical (unpaired) electrons. The number of pyridine rings is 1. The average molecular weight is 242 g/mol. The van der Waals surface area contributed by atoms with Crippen LogP contribution in [0.4, 0.5) is 5.69 Å². The zero-order valence-corrected chi connectivity index (χ0v) is 9.14. The van der Waals surface area contributed by atoms with E-state index in [1.807, 2.05) is 0 Å². The molecule has 0 unspecified atom stereocenters. The van der Waals surface area contributed by atoms with Crippen LogP contribution >= 0.6 is 0 Å².